The summed E-state index contributed by atoms with van der Waals surface area (Å²) in [7, 11) is 0. The fourth-order valence-corrected chi connectivity index (χ4v) is 3.74. The van der Waals surface area contributed by atoms with Crippen molar-refractivity contribution in [3.63, 3.8) is 0 Å². The molecule has 1 N–H and O–H groups in total. The molecule has 1 aromatic carbocycles. The van der Waals surface area contributed by atoms with Crippen LogP contribution in [0.5, 0.6) is 0 Å². The van der Waals surface area contributed by atoms with E-state index in [-0.39, 0.29) is 11.9 Å². The largest absolute Gasteiger partial charge is 0.464 e. The zero-order valence-electron chi connectivity index (χ0n) is 12.3. The second-order valence-corrected chi connectivity index (χ2v) is 6.45. The second kappa shape index (κ2) is 4.88. The van der Waals surface area contributed by atoms with Gasteiger partial charge in [-0.3, -0.25) is 4.79 Å². The molecule has 4 nitrogen and oxygen atoms in total. The minimum Gasteiger partial charge on any atom is -0.464 e. The highest BCUT2D eigenvalue weighted by molar-refractivity contribution is 5.98. The Morgan fingerprint density at radius 3 is 3.14 bits per heavy atom. The van der Waals surface area contributed by atoms with Gasteiger partial charge in [0.05, 0.1) is 6.26 Å². The maximum atomic E-state index is 12.4. The molecule has 2 aliphatic rings. The number of amides is 1. The van der Waals surface area contributed by atoms with Gasteiger partial charge >= 0.3 is 0 Å². The average molecular weight is 284 g/mol. The fourth-order valence-electron chi connectivity index (χ4n) is 3.74. The number of carbonyl (C=O) groups excluding carboxylic acids is 1. The third kappa shape index (κ3) is 2.33. The van der Waals surface area contributed by atoms with Crippen molar-refractivity contribution in [1.29, 1.82) is 0 Å². The predicted molar refractivity (Wildman–Crippen MR) is 81.4 cm³/mol. The summed E-state index contributed by atoms with van der Waals surface area (Å²) >= 11 is 0. The molecule has 2 aliphatic heterocycles. The molecule has 1 amide bonds. The van der Waals surface area contributed by atoms with Crippen molar-refractivity contribution < 1.29 is 9.21 Å². The van der Waals surface area contributed by atoms with E-state index in [1.165, 1.54) is 19.5 Å². The van der Waals surface area contributed by atoms with Gasteiger partial charge in [-0.2, -0.15) is 0 Å². The Bertz CT molecular complexity index is 679. The van der Waals surface area contributed by atoms with Gasteiger partial charge in [0.1, 0.15) is 5.58 Å². The molecule has 2 fully saturated rings. The smallest absolute Gasteiger partial charge is 0.251 e. The van der Waals surface area contributed by atoms with Gasteiger partial charge in [0.25, 0.3) is 5.91 Å². The van der Waals surface area contributed by atoms with Crippen LogP contribution in [0.1, 0.15) is 28.8 Å². The van der Waals surface area contributed by atoms with Gasteiger partial charge in [0.15, 0.2) is 0 Å². The third-order valence-electron chi connectivity index (χ3n) is 4.83. The molecular formula is C17H20N2O2. The molecule has 2 saturated heterocycles. The summed E-state index contributed by atoms with van der Waals surface area (Å²) in [5, 5.41) is 4.26. The van der Waals surface area contributed by atoms with E-state index in [0.29, 0.717) is 5.56 Å². The van der Waals surface area contributed by atoms with Crippen LogP contribution in [0, 0.1) is 12.8 Å². The van der Waals surface area contributed by atoms with Gasteiger partial charge in [-0.05, 0) is 49.9 Å². The lowest BCUT2D eigenvalue weighted by Crippen LogP contribution is -2.47. The van der Waals surface area contributed by atoms with E-state index in [9.17, 15) is 4.79 Å². The van der Waals surface area contributed by atoms with E-state index in [1.54, 1.807) is 6.26 Å². The Labute approximate surface area is 124 Å². The molecule has 4 heteroatoms. The van der Waals surface area contributed by atoms with Gasteiger partial charge in [0.2, 0.25) is 0 Å². The zero-order valence-corrected chi connectivity index (χ0v) is 12.3. The Morgan fingerprint density at radius 2 is 2.29 bits per heavy atom. The molecule has 1 aromatic heterocycles. The topological polar surface area (TPSA) is 45.5 Å². The number of hydrogen-bond acceptors (Lipinski definition) is 3. The minimum atomic E-state index is 0.0125. The van der Waals surface area contributed by atoms with E-state index >= 15 is 0 Å². The lowest BCUT2D eigenvalue weighted by Gasteiger charge is -2.30. The SMILES string of the molecule is Cc1coc2cc(C(=O)NC3CC4CCN(C4)C3)ccc12. The highest BCUT2D eigenvalue weighted by atomic mass is 16.3. The molecule has 3 atom stereocenters. The monoisotopic (exact) mass is 284 g/mol. The number of furan rings is 1. The van der Waals surface area contributed by atoms with Gasteiger partial charge in [-0.25, -0.2) is 0 Å². The van der Waals surface area contributed by atoms with Crippen molar-refractivity contribution in [2.45, 2.75) is 25.8 Å². The maximum Gasteiger partial charge on any atom is 0.251 e. The van der Waals surface area contributed by atoms with Gasteiger partial charge in [-0.1, -0.05) is 6.07 Å². The maximum absolute atomic E-state index is 12.4. The molecule has 110 valence electrons. The van der Waals surface area contributed by atoms with E-state index in [2.05, 4.69) is 10.2 Å². The highest BCUT2D eigenvalue weighted by Crippen LogP contribution is 2.27. The number of nitrogens with zero attached hydrogens (tertiary/aromatic N) is 1. The Hall–Kier alpha value is -1.81. The van der Waals surface area contributed by atoms with Crippen molar-refractivity contribution in [2.75, 3.05) is 19.6 Å². The summed E-state index contributed by atoms with van der Waals surface area (Å²) in [6, 6.07) is 5.98. The first-order valence-corrected chi connectivity index (χ1v) is 7.70. The standard InChI is InChI=1S/C17H20N2O2/c1-11-10-21-16-7-13(2-3-15(11)16)17(20)18-14-6-12-4-5-19(8-12)9-14/h2-3,7,10,12,14H,4-6,8-9H2,1H3,(H,18,20). The van der Waals surface area contributed by atoms with Crippen molar-refractivity contribution >= 4 is 16.9 Å². The Kier molecular flexibility index (Phi) is 3.00. The van der Waals surface area contributed by atoms with E-state index in [4.69, 9.17) is 4.42 Å². The molecule has 0 radical (unpaired) electrons. The third-order valence-corrected chi connectivity index (χ3v) is 4.83. The van der Waals surface area contributed by atoms with Crippen molar-refractivity contribution in [3.05, 3.63) is 35.6 Å². The van der Waals surface area contributed by atoms with Crippen molar-refractivity contribution in [2.24, 2.45) is 5.92 Å². The first kappa shape index (κ1) is 12.9. The number of carbonyl (C=O) groups is 1. The van der Waals surface area contributed by atoms with Crippen LogP contribution in [0.4, 0.5) is 0 Å². The average Bonchev–Trinajstić information content (AvgIpc) is 3.02. The molecule has 21 heavy (non-hydrogen) atoms. The van der Waals surface area contributed by atoms with Crippen LogP contribution < -0.4 is 5.32 Å². The van der Waals surface area contributed by atoms with Gasteiger partial charge < -0.3 is 14.6 Å². The minimum absolute atomic E-state index is 0.0125. The number of benzene rings is 1. The fraction of sp³-hybridized carbons (Fsp3) is 0.471. The normalized spacial score (nSPS) is 28.0. The summed E-state index contributed by atoms with van der Waals surface area (Å²) in [6.07, 6.45) is 4.13. The number of hydrogen-bond donors (Lipinski definition) is 1. The first-order valence-electron chi connectivity index (χ1n) is 7.70. The van der Waals surface area contributed by atoms with Crippen LogP contribution in [-0.4, -0.2) is 36.5 Å². The molecule has 0 saturated carbocycles. The first-order chi connectivity index (χ1) is 10.2. The molecule has 3 unspecified atom stereocenters. The second-order valence-electron chi connectivity index (χ2n) is 6.45. The number of nitrogens with one attached hydrogen (secondary N) is 1. The molecule has 4 rings (SSSR count). The quantitative estimate of drug-likeness (QED) is 0.922. The molecular weight excluding hydrogens is 264 g/mol. The van der Waals surface area contributed by atoms with Gasteiger partial charge in [-0.15, -0.1) is 0 Å². The summed E-state index contributed by atoms with van der Waals surface area (Å²) < 4.78 is 5.49. The predicted octanol–water partition coefficient (Wildman–Crippen LogP) is 2.57. The number of rotatable bonds is 2. The summed E-state index contributed by atoms with van der Waals surface area (Å²) in [4.78, 5) is 14.9. The molecule has 2 bridgehead atoms. The van der Waals surface area contributed by atoms with Crippen molar-refractivity contribution in [1.82, 2.24) is 10.2 Å². The summed E-state index contributed by atoms with van der Waals surface area (Å²) in [6.45, 7) is 5.40. The van der Waals surface area contributed by atoms with E-state index < -0.39 is 0 Å². The number of aryl methyl sites for hydroxylation is 1. The molecule has 3 heterocycles. The highest BCUT2D eigenvalue weighted by Gasteiger charge is 2.32. The molecule has 0 aliphatic carbocycles. The van der Waals surface area contributed by atoms with Gasteiger partial charge in [0, 0.05) is 30.1 Å². The van der Waals surface area contributed by atoms with E-state index in [1.807, 2.05) is 25.1 Å². The summed E-state index contributed by atoms with van der Waals surface area (Å²) in [5.74, 6) is 0.776. The molecule has 2 aromatic rings. The lowest BCUT2D eigenvalue weighted by molar-refractivity contribution is 0.0909. The lowest BCUT2D eigenvalue weighted by atomic mass is 9.96. The van der Waals surface area contributed by atoms with Crippen LogP contribution in [0.2, 0.25) is 0 Å². The van der Waals surface area contributed by atoms with Crippen LogP contribution >= 0.6 is 0 Å². The summed E-state index contributed by atoms with van der Waals surface area (Å²) in [5.41, 5.74) is 2.57. The van der Waals surface area contributed by atoms with E-state index in [0.717, 1.165) is 35.4 Å². The number of fused-ring (bicyclic) bond motifs is 3. The Balaban J connectivity index is 1.50. The Morgan fingerprint density at radius 1 is 1.38 bits per heavy atom. The zero-order chi connectivity index (χ0) is 14.4. The van der Waals surface area contributed by atoms with Crippen LogP contribution in [0.3, 0.4) is 0 Å². The van der Waals surface area contributed by atoms with Crippen molar-refractivity contribution in [3.8, 4) is 0 Å². The van der Waals surface area contributed by atoms with Crippen LogP contribution in [-0.2, 0) is 0 Å². The molecule has 0 spiro atoms. The van der Waals surface area contributed by atoms with Crippen LogP contribution in [0.25, 0.3) is 11.0 Å². The van der Waals surface area contributed by atoms with Crippen LogP contribution in [0.15, 0.2) is 28.9 Å². The number of piperidine rings is 1.